The third-order valence-corrected chi connectivity index (χ3v) is 6.81. The van der Waals surface area contributed by atoms with E-state index in [4.69, 9.17) is 4.74 Å². The quantitative estimate of drug-likeness (QED) is 0.331. The largest absolute Gasteiger partial charge is 0.482 e. The smallest absolute Gasteiger partial charge is 0.320 e. The summed E-state index contributed by atoms with van der Waals surface area (Å²) < 4.78 is 36.3. The topological polar surface area (TPSA) is 91.0 Å². The van der Waals surface area contributed by atoms with Crippen LogP contribution in [0.15, 0.2) is 55.5 Å². The van der Waals surface area contributed by atoms with Crippen LogP contribution < -0.4 is 4.74 Å². The van der Waals surface area contributed by atoms with Gasteiger partial charge in [-0.25, -0.2) is 9.67 Å². The summed E-state index contributed by atoms with van der Waals surface area (Å²) in [6.45, 7) is 7.01. The number of hydrogen-bond acceptors (Lipinski definition) is 6. The van der Waals surface area contributed by atoms with Crippen molar-refractivity contribution in [1.82, 2.24) is 34.4 Å². The Morgan fingerprint density at radius 1 is 1.27 bits per heavy atom. The van der Waals surface area contributed by atoms with Crippen LogP contribution in [0, 0.1) is 6.92 Å². The Bertz CT molecular complexity index is 1450. The van der Waals surface area contributed by atoms with Crippen LogP contribution >= 0.6 is 0 Å². The van der Waals surface area contributed by atoms with Crippen molar-refractivity contribution in [3.8, 4) is 17.0 Å². The molecule has 9 nitrogen and oxygen atoms in total. The molecule has 1 aromatic carbocycles. The van der Waals surface area contributed by atoms with Gasteiger partial charge in [0.15, 0.2) is 0 Å². The molecule has 4 aromatic rings. The van der Waals surface area contributed by atoms with Crippen LogP contribution in [-0.4, -0.2) is 52.9 Å². The second-order valence-electron chi connectivity index (χ2n) is 9.19. The van der Waals surface area contributed by atoms with Crippen LogP contribution in [0.2, 0.25) is 0 Å². The van der Waals surface area contributed by atoms with E-state index in [1.807, 2.05) is 37.6 Å². The summed E-state index contributed by atoms with van der Waals surface area (Å²) in [7, 11) is 0. The van der Waals surface area contributed by atoms with Crippen LogP contribution in [0.4, 0.5) is 8.78 Å². The predicted octanol–water partition coefficient (Wildman–Crippen LogP) is 4.88. The molecule has 5 rings (SSSR count). The SMILES string of the molecule is C=CC(=O)N1C[C@@H](n2nnc(-c3cc(O[C@H](C)c4ccccn4)c4c(c3)ncn4C(F)F)c2C)C[C@@H]1C. The average Bonchev–Trinajstić information content (AvgIpc) is 3.60. The Morgan fingerprint density at radius 3 is 2.78 bits per heavy atom. The number of carbonyl (C=O) groups excluding carboxylic acids is 1. The van der Waals surface area contributed by atoms with Crippen molar-refractivity contribution in [3.63, 3.8) is 0 Å². The Balaban J connectivity index is 1.53. The molecule has 1 fully saturated rings. The number of nitrogens with zero attached hydrogens (tertiary/aromatic N) is 7. The molecule has 0 radical (unpaired) electrons. The van der Waals surface area contributed by atoms with Gasteiger partial charge in [-0.05, 0) is 57.5 Å². The summed E-state index contributed by atoms with van der Waals surface area (Å²) in [6.07, 6.45) is 4.31. The van der Waals surface area contributed by atoms with Gasteiger partial charge in [0.25, 0.3) is 0 Å². The van der Waals surface area contributed by atoms with E-state index in [1.54, 1.807) is 29.3 Å². The van der Waals surface area contributed by atoms with Crippen molar-refractivity contribution >= 4 is 16.9 Å². The Kier molecular flexibility index (Phi) is 6.45. The molecule has 37 heavy (non-hydrogen) atoms. The molecular weight excluding hydrogens is 480 g/mol. The second-order valence-corrected chi connectivity index (χ2v) is 9.19. The average molecular weight is 508 g/mol. The molecule has 3 atom stereocenters. The number of amides is 1. The number of hydrogen-bond donors (Lipinski definition) is 0. The fourth-order valence-electron chi connectivity index (χ4n) is 4.93. The maximum absolute atomic E-state index is 13.8. The number of likely N-dealkylation sites (tertiary alicyclic amines) is 1. The number of ether oxygens (including phenoxy) is 1. The van der Waals surface area contributed by atoms with Crippen molar-refractivity contribution in [1.29, 1.82) is 0 Å². The fraction of sp³-hybridized carbons (Fsp3) is 0.346. The van der Waals surface area contributed by atoms with Crippen molar-refractivity contribution in [2.75, 3.05) is 6.54 Å². The van der Waals surface area contributed by atoms with Gasteiger partial charge in [0, 0.05) is 24.3 Å². The maximum atomic E-state index is 13.8. The van der Waals surface area contributed by atoms with E-state index in [0.717, 1.165) is 23.0 Å². The molecule has 0 bridgehead atoms. The van der Waals surface area contributed by atoms with E-state index in [2.05, 4.69) is 26.9 Å². The highest BCUT2D eigenvalue weighted by Gasteiger charge is 2.34. The minimum atomic E-state index is -2.78. The van der Waals surface area contributed by atoms with E-state index >= 15 is 0 Å². The molecule has 0 spiro atoms. The van der Waals surface area contributed by atoms with E-state index in [1.165, 1.54) is 6.08 Å². The van der Waals surface area contributed by atoms with E-state index in [0.29, 0.717) is 29.0 Å². The van der Waals surface area contributed by atoms with E-state index < -0.39 is 12.7 Å². The standard InChI is InChI=1S/C26H27F2N7O2/c1-5-23(36)33-13-19(10-15(33)2)35-16(3)24(31-32-35)18-11-21-25(34(14-30-21)26(27)28)22(12-18)37-17(4)20-8-6-7-9-29-20/h5-9,11-12,14-15,17,19,26H,1,10,13H2,2-4H3/t15-,17+,19-/m0/s1. The van der Waals surface area contributed by atoms with Gasteiger partial charge >= 0.3 is 6.55 Å². The van der Waals surface area contributed by atoms with Crippen molar-refractivity contribution in [2.24, 2.45) is 0 Å². The Morgan fingerprint density at radius 2 is 2.08 bits per heavy atom. The zero-order chi connectivity index (χ0) is 26.3. The first-order valence-electron chi connectivity index (χ1n) is 12.0. The van der Waals surface area contributed by atoms with Crippen molar-refractivity contribution < 1.29 is 18.3 Å². The van der Waals surface area contributed by atoms with Crippen LogP contribution in [0.1, 0.15) is 50.4 Å². The van der Waals surface area contributed by atoms with Gasteiger partial charge in [-0.15, -0.1) is 5.10 Å². The third kappa shape index (κ3) is 4.45. The molecule has 0 saturated carbocycles. The second kappa shape index (κ2) is 9.72. The van der Waals surface area contributed by atoms with Crippen molar-refractivity contribution in [3.05, 3.63) is 66.9 Å². The number of carbonyl (C=O) groups is 1. The van der Waals surface area contributed by atoms with Crippen molar-refractivity contribution in [2.45, 2.75) is 51.9 Å². The van der Waals surface area contributed by atoms with Crippen LogP contribution in [0.25, 0.3) is 22.3 Å². The minimum absolute atomic E-state index is 0.0400. The van der Waals surface area contributed by atoms with E-state index in [-0.39, 0.29) is 29.3 Å². The van der Waals surface area contributed by atoms with Gasteiger partial charge in [0.1, 0.15) is 29.4 Å². The van der Waals surface area contributed by atoms with Crippen LogP contribution in [0.3, 0.4) is 0 Å². The fourth-order valence-corrected chi connectivity index (χ4v) is 4.93. The molecular formula is C26H27F2N7O2. The lowest BCUT2D eigenvalue weighted by Crippen LogP contribution is -2.32. The Hall–Kier alpha value is -4.15. The highest BCUT2D eigenvalue weighted by Crippen LogP contribution is 2.37. The summed E-state index contributed by atoms with van der Waals surface area (Å²) >= 11 is 0. The molecule has 3 aromatic heterocycles. The number of benzene rings is 1. The Labute approximate surface area is 212 Å². The van der Waals surface area contributed by atoms with Gasteiger partial charge in [-0.1, -0.05) is 17.9 Å². The molecule has 0 N–H and O–H groups in total. The molecule has 192 valence electrons. The lowest BCUT2D eigenvalue weighted by molar-refractivity contribution is -0.126. The number of rotatable bonds is 7. The number of alkyl halides is 2. The van der Waals surface area contributed by atoms with Gasteiger partial charge in [-0.2, -0.15) is 8.78 Å². The lowest BCUT2D eigenvalue weighted by atomic mass is 10.1. The molecule has 0 unspecified atom stereocenters. The minimum Gasteiger partial charge on any atom is -0.482 e. The zero-order valence-electron chi connectivity index (χ0n) is 20.8. The summed E-state index contributed by atoms with van der Waals surface area (Å²) in [4.78, 5) is 22.5. The maximum Gasteiger partial charge on any atom is 0.320 e. The summed E-state index contributed by atoms with van der Waals surface area (Å²) in [6, 6.07) is 8.85. The number of halogens is 2. The molecule has 4 heterocycles. The van der Waals surface area contributed by atoms with Gasteiger partial charge < -0.3 is 9.64 Å². The zero-order valence-corrected chi connectivity index (χ0v) is 20.8. The molecule has 1 aliphatic heterocycles. The molecule has 1 saturated heterocycles. The number of imidazole rings is 1. The van der Waals surface area contributed by atoms with E-state index in [9.17, 15) is 13.6 Å². The number of pyridine rings is 1. The highest BCUT2D eigenvalue weighted by atomic mass is 19.3. The number of fused-ring (bicyclic) bond motifs is 1. The monoisotopic (exact) mass is 507 g/mol. The summed E-state index contributed by atoms with van der Waals surface area (Å²) in [5.41, 5.74) is 3.23. The van der Waals surface area contributed by atoms with Gasteiger partial charge in [0.2, 0.25) is 5.91 Å². The van der Waals surface area contributed by atoms with Crippen LogP contribution in [-0.2, 0) is 4.79 Å². The predicted molar refractivity (Wildman–Crippen MR) is 133 cm³/mol. The van der Waals surface area contributed by atoms with Gasteiger partial charge in [-0.3, -0.25) is 14.3 Å². The van der Waals surface area contributed by atoms with Gasteiger partial charge in [0.05, 0.1) is 22.9 Å². The molecule has 1 amide bonds. The van der Waals surface area contributed by atoms with Crippen LogP contribution in [0.5, 0.6) is 5.75 Å². The third-order valence-electron chi connectivity index (χ3n) is 6.81. The lowest BCUT2D eigenvalue weighted by Gasteiger charge is -2.19. The summed E-state index contributed by atoms with van der Waals surface area (Å²) in [5.74, 6) is 0.131. The summed E-state index contributed by atoms with van der Waals surface area (Å²) in [5, 5.41) is 8.80. The highest BCUT2D eigenvalue weighted by molar-refractivity contribution is 5.88. The first-order chi connectivity index (χ1) is 17.8. The normalized spacial score (nSPS) is 18.5. The molecule has 0 aliphatic carbocycles. The molecule has 1 aliphatic rings. The first-order valence-corrected chi connectivity index (χ1v) is 12.0. The first kappa shape index (κ1) is 24.5. The number of aromatic nitrogens is 6. The molecule has 11 heteroatoms.